The lowest BCUT2D eigenvalue weighted by molar-refractivity contribution is 0.313. The minimum absolute atomic E-state index is 0.0520. The molecule has 0 aromatic rings. The van der Waals surface area contributed by atoms with Gasteiger partial charge in [-0.2, -0.15) is 22.3 Å². The van der Waals surface area contributed by atoms with E-state index in [1.807, 2.05) is 13.0 Å². The molecule has 1 saturated carbocycles. The van der Waals surface area contributed by atoms with Gasteiger partial charge in [0.15, 0.2) is 0 Å². The standard InChI is InChI=1S/C11H21N3O2S/c1-4-14(9-5-8-12)17(15,16)13(3)10(2)11-6-7-11/h10-11H,4-7,9H2,1-3H3. The highest BCUT2D eigenvalue weighted by Crippen LogP contribution is 2.35. The zero-order chi connectivity index (χ0) is 13.1. The van der Waals surface area contributed by atoms with Crippen LogP contribution in [0.5, 0.6) is 0 Å². The van der Waals surface area contributed by atoms with Gasteiger partial charge in [0, 0.05) is 32.6 Å². The van der Waals surface area contributed by atoms with Gasteiger partial charge >= 0.3 is 0 Å². The summed E-state index contributed by atoms with van der Waals surface area (Å²) in [5, 5.41) is 8.54. The molecule has 0 aromatic carbocycles. The lowest BCUT2D eigenvalue weighted by Gasteiger charge is -2.30. The van der Waals surface area contributed by atoms with E-state index in [4.69, 9.17) is 5.26 Å². The van der Waals surface area contributed by atoms with Crippen LogP contribution in [0.15, 0.2) is 0 Å². The van der Waals surface area contributed by atoms with Crippen LogP contribution in [0.2, 0.25) is 0 Å². The highest BCUT2D eigenvalue weighted by atomic mass is 32.2. The molecule has 1 aliphatic carbocycles. The van der Waals surface area contributed by atoms with Gasteiger partial charge in [0.1, 0.15) is 0 Å². The molecule has 5 nitrogen and oxygen atoms in total. The molecule has 0 spiro atoms. The fourth-order valence-corrected chi connectivity index (χ4v) is 3.48. The first-order valence-electron chi connectivity index (χ1n) is 6.05. The van der Waals surface area contributed by atoms with Gasteiger partial charge in [-0.1, -0.05) is 6.92 Å². The van der Waals surface area contributed by atoms with E-state index in [0.717, 1.165) is 12.8 Å². The van der Waals surface area contributed by atoms with E-state index in [2.05, 4.69) is 0 Å². The molecule has 1 fully saturated rings. The highest BCUT2D eigenvalue weighted by Gasteiger charge is 2.37. The largest absolute Gasteiger partial charge is 0.281 e. The van der Waals surface area contributed by atoms with Gasteiger partial charge in [-0.15, -0.1) is 0 Å². The molecule has 0 aromatic heterocycles. The smallest absolute Gasteiger partial charge is 0.198 e. The minimum atomic E-state index is -3.41. The molecular weight excluding hydrogens is 238 g/mol. The first-order valence-corrected chi connectivity index (χ1v) is 7.44. The van der Waals surface area contributed by atoms with Crippen molar-refractivity contribution in [3.63, 3.8) is 0 Å². The molecule has 6 heteroatoms. The van der Waals surface area contributed by atoms with E-state index in [0.29, 0.717) is 12.5 Å². The Hall–Kier alpha value is -0.640. The summed E-state index contributed by atoms with van der Waals surface area (Å²) in [5.41, 5.74) is 0. The minimum Gasteiger partial charge on any atom is -0.198 e. The van der Waals surface area contributed by atoms with Crippen molar-refractivity contribution in [2.45, 2.75) is 39.2 Å². The van der Waals surface area contributed by atoms with Crippen LogP contribution in [0, 0.1) is 17.2 Å². The van der Waals surface area contributed by atoms with Crippen molar-refractivity contribution >= 4 is 10.2 Å². The second kappa shape index (κ2) is 5.80. The SMILES string of the molecule is CCN(CCC#N)S(=O)(=O)N(C)C(C)C1CC1. The van der Waals surface area contributed by atoms with Crippen molar-refractivity contribution in [2.24, 2.45) is 5.92 Å². The van der Waals surface area contributed by atoms with Crippen LogP contribution in [0.1, 0.15) is 33.1 Å². The van der Waals surface area contributed by atoms with Gasteiger partial charge in [-0.05, 0) is 25.7 Å². The normalized spacial score (nSPS) is 18.4. The number of hydrogen-bond acceptors (Lipinski definition) is 3. The van der Waals surface area contributed by atoms with Crippen LogP contribution in [0.4, 0.5) is 0 Å². The van der Waals surface area contributed by atoms with E-state index >= 15 is 0 Å². The molecule has 1 aliphatic rings. The van der Waals surface area contributed by atoms with Crippen LogP contribution in [0.25, 0.3) is 0 Å². The highest BCUT2D eigenvalue weighted by molar-refractivity contribution is 7.86. The molecule has 1 unspecified atom stereocenters. The Morgan fingerprint density at radius 2 is 2.06 bits per heavy atom. The molecule has 17 heavy (non-hydrogen) atoms. The van der Waals surface area contributed by atoms with Gasteiger partial charge in [0.05, 0.1) is 6.07 Å². The monoisotopic (exact) mass is 259 g/mol. The first-order chi connectivity index (χ1) is 7.95. The summed E-state index contributed by atoms with van der Waals surface area (Å²) in [6.45, 7) is 4.43. The maximum atomic E-state index is 12.3. The Morgan fingerprint density at radius 1 is 1.47 bits per heavy atom. The zero-order valence-electron chi connectivity index (χ0n) is 10.8. The third-order valence-corrected chi connectivity index (χ3v) is 5.55. The fraction of sp³-hybridized carbons (Fsp3) is 0.909. The van der Waals surface area contributed by atoms with E-state index < -0.39 is 10.2 Å². The topological polar surface area (TPSA) is 64.4 Å². The summed E-state index contributed by atoms with van der Waals surface area (Å²) < 4.78 is 27.4. The lowest BCUT2D eigenvalue weighted by Crippen LogP contribution is -2.46. The van der Waals surface area contributed by atoms with Crippen LogP contribution < -0.4 is 0 Å². The van der Waals surface area contributed by atoms with Crippen molar-refractivity contribution in [3.05, 3.63) is 0 Å². The fourth-order valence-electron chi connectivity index (χ4n) is 1.88. The van der Waals surface area contributed by atoms with E-state index in [9.17, 15) is 8.42 Å². The molecule has 0 aliphatic heterocycles. The second-order valence-electron chi connectivity index (χ2n) is 4.50. The molecule has 1 rings (SSSR count). The number of hydrogen-bond donors (Lipinski definition) is 0. The van der Waals surface area contributed by atoms with Gasteiger partial charge in [0.2, 0.25) is 0 Å². The van der Waals surface area contributed by atoms with E-state index in [-0.39, 0.29) is 19.0 Å². The molecule has 0 amide bonds. The molecule has 1 atom stereocenters. The Bertz CT molecular complexity index is 384. The maximum Gasteiger partial charge on any atom is 0.281 e. The summed E-state index contributed by atoms with van der Waals surface area (Å²) >= 11 is 0. The Kier molecular flexibility index (Phi) is 4.92. The molecular formula is C11H21N3O2S. The third kappa shape index (κ3) is 3.41. The zero-order valence-corrected chi connectivity index (χ0v) is 11.6. The molecule has 0 saturated heterocycles. The molecule has 0 N–H and O–H groups in total. The van der Waals surface area contributed by atoms with Crippen molar-refractivity contribution in [1.29, 1.82) is 5.26 Å². The summed E-state index contributed by atoms with van der Waals surface area (Å²) in [6.07, 6.45) is 2.47. The molecule has 0 bridgehead atoms. The molecule has 98 valence electrons. The first kappa shape index (κ1) is 14.4. The lowest BCUT2D eigenvalue weighted by atomic mass is 10.2. The number of nitrogens with zero attached hydrogens (tertiary/aromatic N) is 3. The Morgan fingerprint density at radius 3 is 2.47 bits per heavy atom. The summed E-state index contributed by atoms with van der Waals surface area (Å²) in [7, 11) is -1.78. The van der Waals surface area contributed by atoms with Crippen LogP contribution in [-0.2, 0) is 10.2 Å². The summed E-state index contributed by atoms with van der Waals surface area (Å²) in [4.78, 5) is 0. The maximum absolute atomic E-state index is 12.3. The van der Waals surface area contributed by atoms with Gasteiger partial charge in [-0.3, -0.25) is 0 Å². The second-order valence-corrected chi connectivity index (χ2v) is 6.49. The number of nitriles is 1. The Balaban J connectivity index is 2.72. The predicted molar refractivity (Wildman–Crippen MR) is 66.3 cm³/mol. The number of rotatable bonds is 7. The van der Waals surface area contributed by atoms with Gasteiger partial charge < -0.3 is 0 Å². The molecule has 0 radical (unpaired) electrons. The average Bonchev–Trinajstić information content (AvgIpc) is 3.11. The van der Waals surface area contributed by atoms with Crippen LogP contribution in [-0.4, -0.2) is 43.2 Å². The van der Waals surface area contributed by atoms with Gasteiger partial charge in [0.25, 0.3) is 10.2 Å². The quantitative estimate of drug-likeness (QED) is 0.690. The predicted octanol–water partition coefficient (Wildman–Crippen LogP) is 1.20. The van der Waals surface area contributed by atoms with Crippen molar-refractivity contribution in [2.75, 3.05) is 20.1 Å². The van der Waals surface area contributed by atoms with Crippen molar-refractivity contribution in [3.8, 4) is 6.07 Å². The molecule has 0 heterocycles. The Labute approximate surface area is 104 Å². The van der Waals surface area contributed by atoms with Crippen LogP contribution in [0.3, 0.4) is 0 Å². The average molecular weight is 259 g/mol. The van der Waals surface area contributed by atoms with Crippen LogP contribution >= 0.6 is 0 Å². The summed E-state index contributed by atoms with van der Waals surface area (Å²) in [5.74, 6) is 0.504. The summed E-state index contributed by atoms with van der Waals surface area (Å²) in [6, 6.07) is 2.04. The third-order valence-electron chi connectivity index (χ3n) is 3.39. The van der Waals surface area contributed by atoms with E-state index in [1.165, 1.54) is 8.61 Å². The van der Waals surface area contributed by atoms with Crippen molar-refractivity contribution in [1.82, 2.24) is 8.61 Å². The van der Waals surface area contributed by atoms with Crippen molar-refractivity contribution < 1.29 is 8.42 Å². The van der Waals surface area contributed by atoms with Gasteiger partial charge in [-0.25, -0.2) is 0 Å². The van der Waals surface area contributed by atoms with E-state index in [1.54, 1.807) is 14.0 Å².